The predicted molar refractivity (Wildman–Crippen MR) is 87.9 cm³/mol. The van der Waals surface area contributed by atoms with E-state index in [-0.39, 0.29) is 18.1 Å². The number of para-hydroxylation sites is 1. The maximum atomic E-state index is 12.2. The van der Waals surface area contributed by atoms with Crippen LogP contribution in [0.1, 0.15) is 11.4 Å². The zero-order chi connectivity index (χ0) is 17.7. The molecule has 2 rings (SSSR count). The molecule has 0 aliphatic heterocycles. The van der Waals surface area contributed by atoms with Crippen molar-refractivity contribution in [1.29, 1.82) is 0 Å². The Hall–Kier alpha value is -2.90. The van der Waals surface area contributed by atoms with E-state index in [1.54, 1.807) is 20.9 Å². The van der Waals surface area contributed by atoms with Gasteiger partial charge in [-0.1, -0.05) is 18.2 Å². The minimum absolute atomic E-state index is 0.0393. The Morgan fingerprint density at radius 2 is 2.00 bits per heavy atom. The van der Waals surface area contributed by atoms with Gasteiger partial charge in [0, 0.05) is 7.05 Å². The quantitative estimate of drug-likeness (QED) is 0.571. The predicted octanol–water partition coefficient (Wildman–Crippen LogP) is 1.95. The molecule has 0 spiro atoms. The number of amides is 1. The molecular weight excluding hydrogens is 312 g/mol. The average molecular weight is 332 g/mol. The van der Waals surface area contributed by atoms with E-state index in [2.05, 4.69) is 5.10 Å². The van der Waals surface area contributed by atoms with Crippen molar-refractivity contribution in [3.05, 3.63) is 51.8 Å². The molecule has 0 saturated carbocycles. The summed E-state index contributed by atoms with van der Waals surface area (Å²) in [5.41, 5.74) is 0.637. The van der Waals surface area contributed by atoms with Crippen molar-refractivity contribution >= 4 is 11.6 Å². The van der Waals surface area contributed by atoms with Crippen LogP contribution in [0.25, 0.3) is 0 Å². The fourth-order valence-electron chi connectivity index (χ4n) is 2.30. The molecule has 1 amide bonds. The summed E-state index contributed by atoms with van der Waals surface area (Å²) in [5.74, 6) is 0.555. The fourth-order valence-corrected chi connectivity index (χ4v) is 2.30. The second kappa shape index (κ2) is 7.58. The molecule has 0 aliphatic carbocycles. The number of benzene rings is 1. The number of hydrogen-bond acceptors (Lipinski definition) is 5. The summed E-state index contributed by atoms with van der Waals surface area (Å²) in [6, 6.07) is 9.34. The van der Waals surface area contributed by atoms with Crippen molar-refractivity contribution < 1.29 is 14.5 Å². The van der Waals surface area contributed by atoms with Crippen LogP contribution in [-0.2, 0) is 11.3 Å². The molecule has 0 aliphatic rings. The summed E-state index contributed by atoms with van der Waals surface area (Å²) in [6.45, 7) is 3.88. The maximum absolute atomic E-state index is 12.2. The minimum Gasteiger partial charge on any atom is -0.492 e. The van der Waals surface area contributed by atoms with Gasteiger partial charge in [-0.3, -0.25) is 19.6 Å². The molecule has 0 saturated heterocycles. The van der Waals surface area contributed by atoms with Gasteiger partial charge in [0.05, 0.1) is 11.5 Å². The first-order valence-corrected chi connectivity index (χ1v) is 7.50. The summed E-state index contributed by atoms with van der Waals surface area (Å²) >= 11 is 0. The third-order valence-electron chi connectivity index (χ3n) is 3.68. The van der Waals surface area contributed by atoms with E-state index in [4.69, 9.17) is 4.74 Å². The van der Waals surface area contributed by atoms with Gasteiger partial charge in [-0.25, -0.2) is 0 Å². The van der Waals surface area contributed by atoms with E-state index < -0.39 is 4.92 Å². The van der Waals surface area contributed by atoms with Crippen LogP contribution in [0, 0.1) is 24.0 Å². The molecule has 8 nitrogen and oxygen atoms in total. The third-order valence-corrected chi connectivity index (χ3v) is 3.68. The van der Waals surface area contributed by atoms with Crippen molar-refractivity contribution in [2.45, 2.75) is 20.4 Å². The summed E-state index contributed by atoms with van der Waals surface area (Å²) in [6.07, 6.45) is 0. The van der Waals surface area contributed by atoms with E-state index >= 15 is 0 Å². The highest BCUT2D eigenvalue weighted by molar-refractivity contribution is 5.75. The smallest absolute Gasteiger partial charge is 0.312 e. The van der Waals surface area contributed by atoms with Gasteiger partial charge >= 0.3 is 5.69 Å². The molecular formula is C16H20N4O4. The van der Waals surface area contributed by atoms with Gasteiger partial charge in [0.15, 0.2) is 0 Å². The van der Waals surface area contributed by atoms with Crippen LogP contribution in [-0.4, -0.2) is 45.7 Å². The first-order valence-electron chi connectivity index (χ1n) is 7.50. The Morgan fingerprint density at radius 1 is 1.33 bits per heavy atom. The Morgan fingerprint density at radius 3 is 2.58 bits per heavy atom. The molecule has 0 unspecified atom stereocenters. The number of hydrogen-bond donors (Lipinski definition) is 0. The van der Waals surface area contributed by atoms with Gasteiger partial charge in [-0.2, -0.15) is 5.10 Å². The van der Waals surface area contributed by atoms with Crippen molar-refractivity contribution in [1.82, 2.24) is 14.7 Å². The fraction of sp³-hybridized carbons (Fsp3) is 0.375. The van der Waals surface area contributed by atoms with Crippen LogP contribution in [0.3, 0.4) is 0 Å². The lowest BCUT2D eigenvalue weighted by molar-refractivity contribution is -0.386. The van der Waals surface area contributed by atoms with Crippen molar-refractivity contribution in [2.24, 2.45) is 0 Å². The SMILES string of the molecule is Cc1nn(CC(=O)N(C)CCOc2ccccc2)c(C)c1[N+](=O)[O-]. The lowest BCUT2D eigenvalue weighted by atomic mass is 10.3. The number of ether oxygens (including phenoxy) is 1. The zero-order valence-corrected chi connectivity index (χ0v) is 13.9. The van der Waals surface area contributed by atoms with Gasteiger partial charge < -0.3 is 9.64 Å². The number of likely N-dealkylation sites (N-methyl/N-ethyl adjacent to an activating group) is 1. The largest absolute Gasteiger partial charge is 0.492 e. The van der Waals surface area contributed by atoms with Crippen LogP contribution in [0.15, 0.2) is 30.3 Å². The molecule has 0 atom stereocenters. The average Bonchev–Trinajstić information content (AvgIpc) is 2.82. The van der Waals surface area contributed by atoms with Crippen molar-refractivity contribution in [3.63, 3.8) is 0 Å². The molecule has 1 heterocycles. The second-order valence-electron chi connectivity index (χ2n) is 5.41. The Kier molecular flexibility index (Phi) is 5.51. The lowest BCUT2D eigenvalue weighted by Gasteiger charge is -2.17. The van der Waals surface area contributed by atoms with E-state index in [9.17, 15) is 14.9 Å². The standard InChI is InChI=1S/C16H20N4O4/c1-12-16(20(22)23)13(2)19(17-12)11-15(21)18(3)9-10-24-14-7-5-4-6-8-14/h4-8H,9-11H2,1-3H3. The van der Waals surface area contributed by atoms with Crippen molar-refractivity contribution in [2.75, 3.05) is 20.2 Å². The summed E-state index contributed by atoms with van der Waals surface area (Å²) in [7, 11) is 1.66. The molecule has 24 heavy (non-hydrogen) atoms. The number of aryl methyl sites for hydroxylation is 1. The van der Waals surface area contributed by atoms with Crippen LogP contribution in [0.2, 0.25) is 0 Å². The number of nitro groups is 1. The molecule has 2 aromatic rings. The molecule has 128 valence electrons. The van der Waals surface area contributed by atoms with Gasteiger partial charge in [-0.15, -0.1) is 0 Å². The Balaban J connectivity index is 1.90. The minimum atomic E-state index is -0.476. The molecule has 0 radical (unpaired) electrons. The zero-order valence-electron chi connectivity index (χ0n) is 13.9. The first kappa shape index (κ1) is 17.5. The molecule has 0 fully saturated rings. The third kappa shape index (κ3) is 4.09. The van der Waals surface area contributed by atoms with Crippen LogP contribution in [0.4, 0.5) is 5.69 Å². The highest BCUT2D eigenvalue weighted by Crippen LogP contribution is 2.21. The van der Waals surface area contributed by atoms with Crippen molar-refractivity contribution in [3.8, 4) is 5.75 Å². The van der Waals surface area contributed by atoms with E-state index in [0.717, 1.165) is 5.75 Å². The van der Waals surface area contributed by atoms with E-state index in [1.165, 1.54) is 9.58 Å². The topological polar surface area (TPSA) is 90.5 Å². The van der Waals surface area contributed by atoms with Gasteiger partial charge in [0.2, 0.25) is 5.91 Å². The van der Waals surface area contributed by atoms with Gasteiger partial charge in [0.25, 0.3) is 0 Å². The van der Waals surface area contributed by atoms with Crippen LogP contribution < -0.4 is 4.74 Å². The summed E-state index contributed by atoms with van der Waals surface area (Å²) < 4.78 is 6.92. The maximum Gasteiger partial charge on any atom is 0.312 e. The van der Waals surface area contributed by atoms with Gasteiger partial charge in [0.1, 0.15) is 30.3 Å². The molecule has 1 aromatic carbocycles. The number of carbonyl (C=O) groups is 1. The molecule has 1 aromatic heterocycles. The van der Waals surface area contributed by atoms with Crippen LogP contribution >= 0.6 is 0 Å². The molecule has 0 bridgehead atoms. The number of nitrogens with zero attached hydrogens (tertiary/aromatic N) is 4. The number of carbonyl (C=O) groups excluding carboxylic acids is 1. The summed E-state index contributed by atoms with van der Waals surface area (Å²) in [4.78, 5) is 24.3. The highest BCUT2D eigenvalue weighted by Gasteiger charge is 2.23. The van der Waals surface area contributed by atoms with Gasteiger partial charge in [-0.05, 0) is 26.0 Å². The molecule has 0 N–H and O–H groups in total. The van der Waals surface area contributed by atoms with E-state index in [0.29, 0.717) is 24.5 Å². The second-order valence-corrected chi connectivity index (χ2v) is 5.41. The first-order chi connectivity index (χ1) is 11.4. The highest BCUT2D eigenvalue weighted by atomic mass is 16.6. The summed E-state index contributed by atoms with van der Waals surface area (Å²) in [5, 5.41) is 15.1. The monoisotopic (exact) mass is 332 g/mol. The van der Waals surface area contributed by atoms with E-state index in [1.807, 2.05) is 30.3 Å². The number of rotatable bonds is 7. The lowest BCUT2D eigenvalue weighted by Crippen LogP contribution is -2.34. The Labute approximate surface area is 139 Å². The molecule has 8 heteroatoms. The Bertz CT molecular complexity index is 727. The van der Waals surface area contributed by atoms with Crippen LogP contribution in [0.5, 0.6) is 5.75 Å². The number of aromatic nitrogens is 2. The normalized spacial score (nSPS) is 10.5.